The summed E-state index contributed by atoms with van der Waals surface area (Å²) in [6.07, 6.45) is 4.85. The minimum absolute atomic E-state index is 0.331. The molecule has 106 valence electrons. The predicted octanol–water partition coefficient (Wildman–Crippen LogP) is 2.68. The molecule has 4 heteroatoms. The number of rotatable bonds is 5. The Morgan fingerprint density at radius 1 is 1.28 bits per heavy atom. The highest BCUT2D eigenvalue weighted by Gasteiger charge is 2.22. The van der Waals surface area contributed by atoms with E-state index in [0.717, 1.165) is 12.5 Å². The number of carbonyl (C=O) groups is 1. The molecule has 0 radical (unpaired) electrons. The zero-order chi connectivity index (χ0) is 13.6. The van der Waals surface area contributed by atoms with E-state index in [9.17, 15) is 4.79 Å². The summed E-state index contributed by atoms with van der Waals surface area (Å²) >= 11 is 0. The van der Waals surface area contributed by atoms with Crippen molar-refractivity contribution in [1.29, 1.82) is 0 Å². The summed E-state index contributed by atoms with van der Waals surface area (Å²) in [6.45, 7) is 9.32. The van der Waals surface area contributed by atoms with E-state index in [2.05, 4.69) is 17.6 Å². The molecule has 1 aliphatic rings. The lowest BCUT2D eigenvalue weighted by Crippen LogP contribution is -2.38. The van der Waals surface area contributed by atoms with Gasteiger partial charge in [0.25, 0.3) is 0 Å². The van der Waals surface area contributed by atoms with E-state index in [1.165, 1.54) is 25.7 Å². The fraction of sp³-hybridized carbons (Fsp3) is 0.929. The maximum atomic E-state index is 11.4. The number of hydrogen-bond donors (Lipinski definition) is 2. The van der Waals surface area contributed by atoms with Gasteiger partial charge in [-0.25, -0.2) is 4.79 Å². The lowest BCUT2D eigenvalue weighted by atomic mass is 10.1. The minimum atomic E-state index is -0.419. The second-order valence-electron chi connectivity index (χ2n) is 6.17. The number of nitrogens with one attached hydrogen (secondary N) is 2. The average molecular weight is 256 g/mol. The molecule has 1 aliphatic carbocycles. The summed E-state index contributed by atoms with van der Waals surface area (Å²) < 4.78 is 5.17. The number of carbonyl (C=O) groups excluding carboxylic acids is 1. The minimum Gasteiger partial charge on any atom is -0.444 e. The van der Waals surface area contributed by atoms with Crippen LogP contribution in [0.1, 0.15) is 53.4 Å². The molecule has 1 amide bonds. The molecule has 0 heterocycles. The Morgan fingerprint density at radius 2 is 2.00 bits per heavy atom. The highest BCUT2D eigenvalue weighted by atomic mass is 16.6. The smallest absolute Gasteiger partial charge is 0.407 e. The van der Waals surface area contributed by atoms with E-state index in [1.54, 1.807) is 0 Å². The van der Waals surface area contributed by atoms with E-state index < -0.39 is 5.60 Å². The Hall–Kier alpha value is -0.770. The summed E-state index contributed by atoms with van der Waals surface area (Å²) in [7, 11) is 0. The van der Waals surface area contributed by atoms with Gasteiger partial charge in [0.2, 0.25) is 0 Å². The first-order chi connectivity index (χ1) is 8.40. The fourth-order valence-corrected chi connectivity index (χ4v) is 2.39. The van der Waals surface area contributed by atoms with Crippen molar-refractivity contribution in [3.05, 3.63) is 0 Å². The maximum absolute atomic E-state index is 11.4. The quantitative estimate of drug-likeness (QED) is 0.744. The van der Waals surface area contributed by atoms with E-state index in [0.29, 0.717) is 12.6 Å². The number of hydrogen-bond acceptors (Lipinski definition) is 3. The van der Waals surface area contributed by atoms with Crippen molar-refractivity contribution in [3.8, 4) is 0 Å². The third-order valence-corrected chi connectivity index (χ3v) is 3.34. The van der Waals surface area contributed by atoms with Gasteiger partial charge in [-0.05, 0) is 46.0 Å². The maximum Gasteiger partial charge on any atom is 0.407 e. The zero-order valence-electron chi connectivity index (χ0n) is 12.2. The van der Waals surface area contributed by atoms with Gasteiger partial charge < -0.3 is 15.4 Å². The molecule has 0 aromatic carbocycles. The third-order valence-electron chi connectivity index (χ3n) is 3.34. The molecule has 0 saturated heterocycles. The van der Waals surface area contributed by atoms with Gasteiger partial charge in [0.1, 0.15) is 5.60 Å². The molecule has 0 bridgehead atoms. The Bertz CT molecular complexity index is 261. The van der Waals surface area contributed by atoms with Crippen LogP contribution in [0.5, 0.6) is 0 Å². The molecule has 0 aromatic rings. The highest BCUT2D eigenvalue weighted by molar-refractivity contribution is 5.67. The molecule has 1 fully saturated rings. The molecule has 2 N–H and O–H groups in total. The SMILES string of the molecule is CCC1CCC(NCCNC(=O)OC(C)(C)C)C1. The van der Waals surface area contributed by atoms with Crippen LogP contribution in [0.15, 0.2) is 0 Å². The van der Waals surface area contributed by atoms with Gasteiger partial charge in [-0.1, -0.05) is 13.3 Å². The first kappa shape index (κ1) is 15.3. The van der Waals surface area contributed by atoms with Gasteiger partial charge >= 0.3 is 6.09 Å². The fourth-order valence-electron chi connectivity index (χ4n) is 2.39. The number of amides is 1. The van der Waals surface area contributed by atoms with Crippen molar-refractivity contribution in [2.75, 3.05) is 13.1 Å². The molecular weight excluding hydrogens is 228 g/mol. The Morgan fingerprint density at radius 3 is 2.56 bits per heavy atom. The summed E-state index contributed by atoms with van der Waals surface area (Å²) in [6, 6.07) is 0.635. The largest absolute Gasteiger partial charge is 0.444 e. The first-order valence-electron chi connectivity index (χ1n) is 7.11. The Balaban J connectivity index is 2.04. The van der Waals surface area contributed by atoms with Gasteiger partial charge in [0, 0.05) is 19.1 Å². The summed E-state index contributed by atoms with van der Waals surface area (Å²) in [5.74, 6) is 0.890. The number of ether oxygens (including phenoxy) is 1. The van der Waals surface area contributed by atoms with E-state index in [-0.39, 0.29) is 6.09 Å². The van der Waals surface area contributed by atoms with Gasteiger partial charge in [0.05, 0.1) is 0 Å². The molecule has 0 spiro atoms. The summed E-state index contributed by atoms with van der Waals surface area (Å²) in [5, 5.41) is 6.26. The van der Waals surface area contributed by atoms with Crippen molar-refractivity contribution in [2.24, 2.45) is 5.92 Å². The molecule has 1 saturated carbocycles. The zero-order valence-corrected chi connectivity index (χ0v) is 12.2. The van der Waals surface area contributed by atoms with E-state index in [4.69, 9.17) is 4.74 Å². The molecular formula is C14H28N2O2. The van der Waals surface area contributed by atoms with Crippen LogP contribution in [0.25, 0.3) is 0 Å². The molecule has 2 atom stereocenters. The highest BCUT2D eigenvalue weighted by Crippen LogP contribution is 2.27. The van der Waals surface area contributed by atoms with Crippen LogP contribution in [0.3, 0.4) is 0 Å². The summed E-state index contributed by atoms with van der Waals surface area (Å²) in [4.78, 5) is 11.4. The van der Waals surface area contributed by atoms with Crippen LogP contribution in [0, 0.1) is 5.92 Å². The number of alkyl carbamates (subject to hydrolysis) is 1. The van der Waals surface area contributed by atoms with Crippen LogP contribution in [-0.2, 0) is 4.74 Å². The molecule has 2 unspecified atom stereocenters. The van der Waals surface area contributed by atoms with Crippen LogP contribution in [0.4, 0.5) is 4.79 Å². The average Bonchev–Trinajstić information content (AvgIpc) is 2.70. The van der Waals surface area contributed by atoms with Gasteiger partial charge in [-0.3, -0.25) is 0 Å². The van der Waals surface area contributed by atoms with E-state index >= 15 is 0 Å². The van der Waals surface area contributed by atoms with Crippen molar-refractivity contribution in [2.45, 2.75) is 65.0 Å². The third kappa shape index (κ3) is 6.24. The molecule has 0 aliphatic heterocycles. The van der Waals surface area contributed by atoms with Crippen molar-refractivity contribution in [3.63, 3.8) is 0 Å². The van der Waals surface area contributed by atoms with Gasteiger partial charge in [-0.15, -0.1) is 0 Å². The molecule has 1 rings (SSSR count). The normalized spacial score (nSPS) is 24.0. The van der Waals surface area contributed by atoms with Crippen molar-refractivity contribution in [1.82, 2.24) is 10.6 Å². The topological polar surface area (TPSA) is 50.4 Å². The van der Waals surface area contributed by atoms with Crippen LogP contribution < -0.4 is 10.6 Å². The van der Waals surface area contributed by atoms with Gasteiger partial charge in [0.15, 0.2) is 0 Å². The Labute approximate surface area is 111 Å². The van der Waals surface area contributed by atoms with E-state index in [1.807, 2.05) is 20.8 Å². The predicted molar refractivity (Wildman–Crippen MR) is 73.7 cm³/mol. The summed E-state index contributed by atoms with van der Waals surface area (Å²) in [5.41, 5.74) is -0.419. The first-order valence-corrected chi connectivity index (χ1v) is 7.11. The molecule has 18 heavy (non-hydrogen) atoms. The second-order valence-corrected chi connectivity index (χ2v) is 6.17. The molecule has 4 nitrogen and oxygen atoms in total. The van der Waals surface area contributed by atoms with Crippen LogP contribution in [-0.4, -0.2) is 30.8 Å². The van der Waals surface area contributed by atoms with Crippen molar-refractivity contribution >= 4 is 6.09 Å². The van der Waals surface area contributed by atoms with Gasteiger partial charge in [-0.2, -0.15) is 0 Å². The van der Waals surface area contributed by atoms with Crippen LogP contribution in [0.2, 0.25) is 0 Å². The standard InChI is InChI=1S/C14H28N2O2/c1-5-11-6-7-12(10-11)15-8-9-16-13(17)18-14(2,3)4/h11-12,15H,5-10H2,1-4H3,(H,16,17). The van der Waals surface area contributed by atoms with Crippen LogP contribution >= 0.6 is 0 Å². The Kier molecular flexibility index (Phi) is 5.93. The monoisotopic (exact) mass is 256 g/mol. The van der Waals surface area contributed by atoms with Crippen molar-refractivity contribution < 1.29 is 9.53 Å². The molecule has 0 aromatic heterocycles. The second kappa shape index (κ2) is 6.98. The lowest BCUT2D eigenvalue weighted by molar-refractivity contribution is 0.0528. The lowest BCUT2D eigenvalue weighted by Gasteiger charge is -2.20.